The summed E-state index contributed by atoms with van der Waals surface area (Å²) in [5.74, 6) is 1.56. The Morgan fingerprint density at radius 3 is 2.73 bits per heavy atom. The Bertz CT molecular complexity index is 723. The zero-order chi connectivity index (χ0) is 15.9. The molecule has 2 atom stereocenters. The normalized spacial score (nSPS) is 20.0. The van der Waals surface area contributed by atoms with Crippen LogP contribution in [0.4, 0.5) is 0 Å². The monoisotopic (exact) mass is 300 g/mol. The van der Waals surface area contributed by atoms with Gasteiger partial charge in [-0.25, -0.2) is 9.67 Å². The molecule has 0 N–H and O–H groups in total. The van der Waals surface area contributed by atoms with Gasteiger partial charge in [-0.05, 0) is 46.2 Å². The van der Waals surface area contributed by atoms with Crippen LogP contribution >= 0.6 is 0 Å². The van der Waals surface area contributed by atoms with E-state index in [0.29, 0.717) is 6.61 Å². The molecule has 6 nitrogen and oxygen atoms in total. The Labute approximate surface area is 129 Å². The summed E-state index contributed by atoms with van der Waals surface area (Å²) in [5, 5.41) is 4.41. The molecule has 1 aliphatic rings. The van der Waals surface area contributed by atoms with Crippen molar-refractivity contribution in [2.75, 3.05) is 6.61 Å². The van der Waals surface area contributed by atoms with Gasteiger partial charge in [-0.3, -0.25) is 9.78 Å². The molecule has 22 heavy (non-hydrogen) atoms. The number of pyridine rings is 1. The third-order valence-electron chi connectivity index (χ3n) is 3.84. The van der Waals surface area contributed by atoms with Crippen molar-refractivity contribution in [3.8, 4) is 5.69 Å². The lowest BCUT2D eigenvalue weighted by atomic mass is 10.2. The number of carbonyl (C=O) groups excluding carboxylic acids is 1. The fraction of sp³-hybridized carbons (Fsp3) is 0.500. The highest BCUT2D eigenvalue weighted by Gasteiger charge is 2.46. The van der Waals surface area contributed by atoms with Gasteiger partial charge in [-0.15, -0.1) is 0 Å². The van der Waals surface area contributed by atoms with E-state index in [9.17, 15) is 4.79 Å². The Morgan fingerprint density at radius 1 is 1.32 bits per heavy atom. The summed E-state index contributed by atoms with van der Waals surface area (Å²) in [4.78, 5) is 20.7. The first-order chi connectivity index (χ1) is 10.5. The van der Waals surface area contributed by atoms with Gasteiger partial charge in [0.25, 0.3) is 0 Å². The van der Waals surface area contributed by atoms with Crippen molar-refractivity contribution in [2.45, 2.75) is 40.0 Å². The summed E-state index contributed by atoms with van der Waals surface area (Å²) in [5.41, 5.74) is 2.78. The predicted octanol–water partition coefficient (Wildman–Crippen LogP) is 2.25. The maximum Gasteiger partial charge on any atom is 0.309 e. The number of carbonyl (C=O) groups is 1. The number of hydrogen-bond acceptors (Lipinski definition) is 5. The summed E-state index contributed by atoms with van der Waals surface area (Å²) >= 11 is 0. The molecule has 0 aliphatic heterocycles. The molecular formula is C16H20N4O2. The van der Waals surface area contributed by atoms with Gasteiger partial charge in [0.15, 0.2) is 0 Å². The molecule has 0 saturated heterocycles. The largest absolute Gasteiger partial charge is 0.466 e. The molecule has 0 spiro atoms. The minimum atomic E-state index is -0.120. The topological polar surface area (TPSA) is 69.9 Å². The van der Waals surface area contributed by atoms with Crippen LogP contribution in [-0.2, 0) is 9.53 Å². The fourth-order valence-corrected chi connectivity index (χ4v) is 2.78. The number of aryl methyl sites for hydroxylation is 3. The molecule has 1 aliphatic carbocycles. The molecule has 6 heteroatoms. The fourth-order valence-electron chi connectivity index (χ4n) is 2.78. The minimum absolute atomic E-state index is 0.0549. The zero-order valence-electron chi connectivity index (χ0n) is 13.3. The Morgan fingerprint density at radius 2 is 2.09 bits per heavy atom. The van der Waals surface area contributed by atoms with Crippen molar-refractivity contribution in [1.29, 1.82) is 0 Å². The summed E-state index contributed by atoms with van der Waals surface area (Å²) in [7, 11) is 0. The Kier molecular flexibility index (Phi) is 3.68. The van der Waals surface area contributed by atoms with Crippen molar-refractivity contribution >= 4 is 5.97 Å². The number of ether oxygens (including phenoxy) is 1. The molecule has 2 aromatic heterocycles. The van der Waals surface area contributed by atoms with Crippen molar-refractivity contribution in [2.24, 2.45) is 5.92 Å². The summed E-state index contributed by atoms with van der Waals surface area (Å²) in [6.45, 7) is 8.00. The molecule has 1 saturated carbocycles. The standard InChI is InChI=1S/C16H20N4O2/c1-5-22-16(21)14-8-13(14)15-7-12(6-9(2)17-15)20-11(4)18-10(3)19-20/h6-7,13-14H,5,8H2,1-4H3/t13-,14-/m1/s1. The van der Waals surface area contributed by atoms with Crippen LogP contribution in [0, 0.1) is 26.7 Å². The van der Waals surface area contributed by atoms with Gasteiger partial charge in [0.1, 0.15) is 11.6 Å². The van der Waals surface area contributed by atoms with Crippen LogP contribution < -0.4 is 0 Å². The lowest BCUT2D eigenvalue weighted by Crippen LogP contribution is -2.08. The minimum Gasteiger partial charge on any atom is -0.466 e. The molecule has 116 valence electrons. The number of esters is 1. The van der Waals surface area contributed by atoms with Crippen LogP contribution in [0.2, 0.25) is 0 Å². The third-order valence-corrected chi connectivity index (χ3v) is 3.84. The van der Waals surface area contributed by atoms with Gasteiger partial charge < -0.3 is 4.74 Å². The van der Waals surface area contributed by atoms with Crippen molar-refractivity contribution in [1.82, 2.24) is 19.7 Å². The van der Waals surface area contributed by atoms with Gasteiger partial charge in [0.2, 0.25) is 0 Å². The van der Waals surface area contributed by atoms with E-state index in [4.69, 9.17) is 4.74 Å². The predicted molar refractivity (Wildman–Crippen MR) is 80.8 cm³/mol. The lowest BCUT2D eigenvalue weighted by molar-refractivity contribution is -0.144. The van der Waals surface area contributed by atoms with Crippen LogP contribution in [0.15, 0.2) is 12.1 Å². The second-order valence-electron chi connectivity index (χ2n) is 5.71. The highest BCUT2D eigenvalue weighted by Crippen LogP contribution is 2.47. The summed E-state index contributed by atoms with van der Waals surface area (Å²) < 4.78 is 6.91. The Hall–Kier alpha value is -2.24. The number of rotatable bonds is 4. The zero-order valence-corrected chi connectivity index (χ0v) is 13.3. The van der Waals surface area contributed by atoms with Gasteiger partial charge in [0, 0.05) is 17.3 Å². The van der Waals surface area contributed by atoms with Crippen LogP contribution in [-0.4, -0.2) is 32.3 Å². The maximum absolute atomic E-state index is 11.8. The molecule has 0 radical (unpaired) electrons. The van der Waals surface area contributed by atoms with E-state index < -0.39 is 0 Å². The molecule has 2 aromatic rings. The maximum atomic E-state index is 11.8. The van der Waals surface area contributed by atoms with Gasteiger partial charge in [-0.1, -0.05) is 0 Å². The average molecular weight is 300 g/mol. The molecular weight excluding hydrogens is 280 g/mol. The molecule has 0 amide bonds. The van der Waals surface area contributed by atoms with Crippen LogP contribution in [0.5, 0.6) is 0 Å². The molecule has 0 unspecified atom stereocenters. The summed E-state index contributed by atoms with van der Waals surface area (Å²) in [6.07, 6.45) is 0.810. The van der Waals surface area contributed by atoms with Crippen molar-refractivity contribution in [3.63, 3.8) is 0 Å². The first-order valence-electron chi connectivity index (χ1n) is 7.55. The van der Waals surface area contributed by atoms with Gasteiger partial charge in [0.05, 0.1) is 18.2 Å². The van der Waals surface area contributed by atoms with E-state index in [2.05, 4.69) is 15.1 Å². The Balaban J connectivity index is 1.89. The number of nitrogens with zero attached hydrogens (tertiary/aromatic N) is 4. The quantitative estimate of drug-likeness (QED) is 0.810. The second kappa shape index (κ2) is 5.51. The highest BCUT2D eigenvalue weighted by atomic mass is 16.5. The first-order valence-corrected chi connectivity index (χ1v) is 7.55. The van der Waals surface area contributed by atoms with E-state index in [1.165, 1.54) is 0 Å². The molecule has 2 heterocycles. The van der Waals surface area contributed by atoms with E-state index in [0.717, 1.165) is 35.1 Å². The van der Waals surface area contributed by atoms with E-state index in [-0.39, 0.29) is 17.8 Å². The number of hydrogen-bond donors (Lipinski definition) is 0. The van der Waals surface area contributed by atoms with Gasteiger partial charge >= 0.3 is 5.97 Å². The highest BCUT2D eigenvalue weighted by molar-refractivity contribution is 5.77. The van der Waals surface area contributed by atoms with E-state index in [1.54, 1.807) is 0 Å². The van der Waals surface area contributed by atoms with E-state index in [1.807, 2.05) is 44.5 Å². The van der Waals surface area contributed by atoms with E-state index >= 15 is 0 Å². The molecule has 3 rings (SSSR count). The van der Waals surface area contributed by atoms with Crippen molar-refractivity contribution < 1.29 is 9.53 Å². The van der Waals surface area contributed by atoms with Gasteiger partial charge in [-0.2, -0.15) is 5.10 Å². The SMILES string of the molecule is CCOC(=O)[C@@H]1C[C@H]1c1cc(-n2nc(C)nc2C)cc(C)n1. The second-order valence-corrected chi connectivity index (χ2v) is 5.71. The lowest BCUT2D eigenvalue weighted by Gasteiger charge is -2.08. The van der Waals surface area contributed by atoms with Crippen molar-refractivity contribution in [3.05, 3.63) is 35.2 Å². The molecule has 0 aromatic carbocycles. The third kappa shape index (κ3) is 2.73. The van der Waals surface area contributed by atoms with Crippen LogP contribution in [0.1, 0.15) is 42.3 Å². The average Bonchev–Trinajstić information content (AvgIpc) is 3.18. The number of aromatic nitrogens is 4. The molecule has 0 bridgehead atoms. The smallest absolute Gasteiger partial charge is 0.309 e. The molecule has 1 fully saturated rings. The summed E-state index contributed by atoms with van der Waals surface area (Å²) in [6, 6.07) is 3.98. The first kappa shape index (κ1) is 14.7. The van der Waals surface area contributed by atoms with Crippen LogP contribution in [0.25, 0.3) is 5.69 Å². The van der Waals surface area contributed by atoms with Crippen LogP contribution in [0.3, 0.4) is 0 Å².